The molecule has 0 N–H and O–H groups in total. The first-order valence-electron chi connectivity index (χ1n) is 4.40. The molecule has 1 heterocycles. The summed E-state index contributed by atoms with van der Waals surface area (Å²) in [5.74, 6) is 0.616. The number of carbonyl (C=O) groups excluding carboxylic acids is 1. The van der Waals surface area contributed by atoms with E-state index in [-0.39, 0.29) is 11.9 Å². The summed E-state index contributed by atoms with van der Waals surface area (Å²) < 4.78 is 5.37. The van der Waals surface area contributed by atoms with E-state index < -0.39 is 5.60 Å². The zero-order chi connectivity index (χ0) is 8.93. The maximum Gasteiger partial charge on any atom is 0.167 e. The van der Waals surface area contributed by atoms with Gasteiger partial charge < -0.3 is 4.74 Å². The van der Waals surface area contributed by atoms with Gasteiger partial charge in [-0.2, -0.15) is 0 Å². The highest BCUT2D eigenvalue weighted by Crippen LogP contribution is 2.48. The Kier molecular flexibility index (Phi) is 1.46. The van der Waals surface area contributed by atoms with Crippen LogP contribution in [0.1, 0.15) is 26.7 Å². The highest BCUT2D eigenvalue weighted by atomic mass is 16.6. The Morgan fingerprint density at radius 1 is 1.75 bits per heavy atom. The number of fused-ring (bicyclic) bond motifs is 1. The van der Waals surface area contributed by atoms with Gasteiger partial charge in [-0.3, -0.25) is 4.79 Å². The first-order valence-corrected chi connectivity index (χ1v) is 4.40. The molecule has 0 aromatic heterocycles. The monoisotopic (exact) mass is 166 g/mol. The van der Waals surface area contributed by atoms with Crippen LogP contribution in [0.5, 0.6) is 0 Å². The highest BCUT2D eigenvalue weighted by molar-refractivity contribution is 5.91. The van der Waals surface area contributed by atoms with Crippen molar-refractivity contribution < 1.29 is 9.53 Å². The molecule has 2 aliphatic rings. The number of ether oxygens (including phenoxy) is 1. The van der Waals surface area contributed by atoms with Crippen LogP contribution in [-0.2, 0) is 9.53 Å². The Labute approximate surface area is 72.6 Å². The van der Waals surface area contributed by atoms with Gasteiger partial charge in [0.25, 0.3) is 0 Å². The Hall–Kier alpha value is -0.630. The summed E-state index contributed by atoms with van der Waals surface area (Å²) in [6.45, 7) is 7.77. The van der Waals surface area contributed by atoms with Crippen molar-refractivity contribution in [2.45, 2.75) is 38.4 Å². The van der Waals surface area contributed by atoms with Gasteiger partial charge in [0.05, 0.1) is 6.10 Å². The Balaban J connectivity index is 2.12. The van der Waals surface area contributed by atoms with Gasteiger partial charge >= 0.3 is 0 Å². The molecular weight excluding hydrogens is 152 g/mol. The normalized spacial score (nSPS) is 45.3. The Bertz CT molecular complexity index is 257. The van der Waals surface area contributed by atoms with Gasteiger partial charge in [-0.25, -0.2) is 0 Å². The minimum atomic E-state index is -0.411. The maximum absolute atomic E-state index is 11.5. The molecular formula is C10H14O2. The van der Waals surface area contributed by atoms with Gasteiger partial charge in [0.2, 0.25) is 0 Å². The van der Waals surface area contributed by atoms with Gasteiger partial charge in [0.15, 0.2) is 5.78 Å². The number of hydrogen-bond donors (Lipinski definition) is 0. The van der Waals surface area contributed by atoms with Crippen molar-refractivity contribution in [2.75, 3.05) is 0 Å². The smallest absolute Gasteiger partial charge is 0.167 e. The van der Waals surface area contributed by atoms with Crippen molar-refractivity contribution in [3.8, 4) is 0 Å². The second-order valence-electron chi connectivity index (χ2n) is 4.12. The van der Waals surface area contributed by atoms with E-state index in [1.54, 1.807) is 0 Å². The molecule has 2 rings (SSSR count). The van der Waals surface area contributed by atoms with Crippen LogP contribution in [-0.4, -0.2) is 17.5 Å². The second kappa shape index (κ2) is 2.19. The van der Waals surface area contributed by atoms with Crippen LogP contribution in [0.3, 0.4) is 0 Å². The van der Waals surface area contributed by atoms with Crippen molar-refractivity contribution in [3.05, 3.63) is 12.2 Å². The lowest BCUT2D eigenvalue weighted by Crippen LogP contribution is -2.32. The van der Waals surface area contributed by atoms with Crippen LogP contribution in [0.25, 0.3) is 0 Å². The van der Waals surface area contributed by atoms with E-state index in [0.717, 1.165) is 12.0 Å². The van der Waals surface area contributed by atoms with Gasteiger partial charge in [-0.1, -0.05) is 12.2 Å². The third kappa shape index (κ3) is 0.944. The maximum atomic E-state index is 11.5. The summed E-state index contributed by atoms with van der Waals surface area (Å²) >= 11 is 0. The summed E-state index contributed by atoms with van der Waals surface area (Å²) in [5, 5.41) is 0. The van der Waals surface area contributed by atoms with Crippen LogP contribution < -0.4 is 0 Å². The number of Topliss-reactive ketones (excluding diaryl/α,β-unsaturated/α-hetero) is 1. The zero-order valence-electron chi connectivity index (χ0n) is 7.59. The molecule has 2 heteroatoms. The van der Waals surface area contributed by atoms with Gasteiger partial charge in [-0.15, -0.1) is 0 Å². The number of ketones is 1. The van der Waals surface area contributed by atoms with Gasteiger partial charge in [0.1, 0.15) is 5.60 Å². The molecule has 0 bridgehead atoms. The molecule has 12 heavy (non-hydrogen) atoms. The number of carbonyl (C=O) groups is 1. The van der Waals surface area contributed by atoms with Crippen LogP contribution in [0.15, 0.2) is 12.2 Å². The lowest BCUT2D eigenvalue weighted by atomic mass is 9.79. The summed E-state index contributed by atoms with van der Waals surface area (Å²) in [7, 11) is 0. The molecule has 2 nitrogen and oxygen atoms in total. The number of allylic oxidation sites excluding steroid dienone is 1. The molecule has 0 radical (unpaired) electrons. The van der Waals surface area contributed by atoms with Crippen molar-refractivity contribution in [1.82, 2.24) is 0 Å². The third-order valence-electron chi connectivity index (χ3n) is 3.13. The topological polar surface area (TPSA) is 29.6 Å². The average Bonchev–Trinajstić information content (AvgIpc) is 2.62. The van der Waals surface area contributed by atoms with Crippen LogP contribution in [0.2, 0.25) is 0 Å². The molecule has 0 aromatic carbocycles. The molecule has 3 atom stereocenters. The number of hydrogen-bond acceptors (Lipinski definition) is 2. The SMILES string of the molecule is C=C(C)[C@H]1CC(=O)[C@]2(C)O[C@H]2C1. The predicted octanol–water partition coefficient (Wildman–Crippen LogP) is 1.70. The fourth-order valence-corrected chi connectivity index (χ4v) is 1.92. The van der Waals surface area contributed by atoms with Crippen LogP contribution in [0.4, 0.5) is 0 Å². The van der Waals surface area contributed by atoms with E-state index in [4.69, 9.17) is 4.74 Å². The van der Waals surface area contributed by atoms with E-state index in [9.17, 15) is 4.79 Å². The molecule has 0 aromatic rings. The third-order valence-corrected chi connectivity index (χ3v) is 3.13. The highest BCUT2D eigenvalue weighted by Gasteiger charge is 2.61. The van der Waals surface area contributed by atoms with E-state index >= 15 is 0 Å². The summed E-state index contributed by atoms with van der Waals surface area (Å²) in [6.07, 6.45) is 1.79. The predicted molar refractivity (Wildman–Crippen MR) is 45.8 cm³/mol. The van der Waals surface area contributed by atoms with E-state index in [0.29, 0.717) is 12.3 Å². The van der Waals surface area contributed by atoms with E-state index in [2.05, 4.69) is 6.58 Å². The molecule has 66 valence electrons. The van der Waals surface area contributed by atoms with Crippen LogP contribution >= 0.6 is 0 Å². The van der Waals surface area contributed by atoms with Crippen LogP contribution in [0, 0.1) is 5.92 Å². The lowest BCUT2D eigenvalue weighted by molar-refractivity contribution is -0.124. The molecule has 0 amide bonds. The van der Waals surface area contributed by atoms with Crippen molar-refractivity contribution in [3.63, 3.8) is 0 Å². The largest absolute Gasteiger partial charge is 0.358 e. The standard InChI is InChI=1S/C10H14O2/c1-6(2)7-4-8(11)10(3)9(5-7)12-10/h7,9H,1,4-5H2,2-3H3/t7-,9-,10-/m0/s1. The number of rotatable bonds is 1. The van der Waals surface area contributed by atoms with Crippen molar-refractivity contribution in [2.24, 2.45) is 5.92 Å². The number of epoxide rings is 1. The van der Waals surface area contributed by atoms with Crippen molar-refractivity contribution in [1.29, 1.82) is 0 Å². The first-order chi connectivity index (χ1) is 5.54. The second-order valence-corrected chi connectivity index (χ2v) is 4.12. The molecule has 0 spiro atoms. The minimum absolute atomic E-state index is 0.181. The lowest BCUT2D eigenvalue weighted by Gasteiger charge is -2.21. The zero-order valence-corrected chi connectivity index (χ0v) is 7.59. The average molecular weight is 166 g/mol. The first kappa shape index (κ1) is 7.99. The fourth-order valence-electron chi connectivity index (χ4n) is 1.92. The van der Waals surface area contributed by atoms with E-state index in [1.165, 1.54) is 0 Å². The fraction of sp³-hybridized carbons (Fsp3) is 0.700. The van der Waals surface area contributed by atoms with E-state index in [1.807, 2.05) is 13.8 Å². The Morgan fingerprint density at radius 2 is 2.42 bits per heavy atom. The molecule has 1 saturated carbocycles. The molecule has 0 unspecified atom stereocenters. The summed E-state index contributed by atoms with van der Waals surface area (Å²) in [5.41, 5.74) is 0.701. The van der Waals surface area contributed by atoms with Gasteiger partial charge in [0, 0.05) is 6.42 Å². The molecule has 1 aliphatic carbocycles. The van der Waals surface area contributed by atoms with Gasteiger partial charge in [-0.05, 0) is 26.2 Å². The summed E-state index contributed by atoms with van der Waals surface area (Å²) in [4.78, 5) is 11.5. The molecule has 1 aliphatic heterocycles. The van der Waals surface area contributed by atoms with Crippen molar-refractivity contribution >= 4 is 5.78 Å². The molecule has 1 saturated heterocycles. The minimum Gasteiger partial charge on any atom is -0.358 e. The summed E-state index contributed by atoms with van der Waals surface area (Å²) in [6, 6.07) is 0. The molecule has 2 fully saturated rings. The Morgan fingerprint density at radius 3 is 2.92 bits per heavy atom. The quantitative estimate of drug-likeness (QED) is 0.438.